The number of hydrogen-bond acceptors (Lipinski definition) is 2. The van der Waals surface area contributed by atoms with E-state index in [9.17, 15) is 14.5 Å². The predicted molar refractivity (Wildman–Crippen MR) is 68.5 cm³/mol. The van der Waals surface area contributed by atoms with Gasteiger partial charge in [-0.05, 0) is 18.2 Å². The zero-order valence-electron chi connectivity index (χ0n) is 8.86. The van der Waals surface area contributed by atoms with E-state index in [1.807, 2.05) is 0 Å². The highest BCUT2D eigenvalue weighted by Gasteiger charge is 2.22. The molecule has 3 nitrogen and oxygen atoms in total. The van der Waals surface area contributed by atoms with Crippen LogP contribution >= 0.6 is 23.2 Å². The lowest BCUT2D eigenvalue weighted by atomic mass is 10.0. The molecule has 0 atom stereocenters. The molecule has 0 amide bonds. The lowest BCUT2D eigenvalue weighted by Crippen LogP contribution is -1.96. The molecule has 2 aromatic rings. The molecule has 0 heterocycles. The summed E-state index contributed by atoms with van der Waals surface area (Å²) in [5, 5.41) is 11.3. The van der Waals surface area contributed by atoms with Crippen molar-refractivity contribution in [3.05, 3.63) is 62.4 Å². The first-order valence-corrected chi connectivity index (χ1v) is 5.65. The van der Waals surface area contributed by atoms with Gasteiger partial charge in [-0.1, -0.05) is 41.4 Å². The van der Waals surface area contributed by atoms with Crippen LogP contribution in [0.1, 0.15) is 0 Å². The van der Waals surface area contributed by atoms with E-state index in [4.69, 9.17) is 23.2 Å². The van der Waals surface area contributed by atoms with Gasteiger partial charge in [-0.2, -0.15) is 4.39 Å². The number of para-hydroxylation sites is 1. The monoisotopic (exact) mass is 285 g/mol. The zero-order chi connectivity index (χ0) is 13.3. The van der Waals surface area contributed by atoms with Crippen LogP contribution in [0.2, 0.25) is 10.0 Å². The molecule has 0 bridgehead atoms. The fourth-order valence-corrected chi connectivity index (χ4v) is 2.03. The molecule has 0 aromatic heterocycles. The first-order chi connectivity index (χ1) is 8.52. The van der Waals surface area contributed by atoms with Gasteiger partial charge in [0.1, 0.15) is 0 Å². The summed E-state index contributed by atoms with van der Waals surface area (Å²) < 4.78 is 13.5. The summed E-state index contributed by atoms with van der Waals surface area (Å²) in [6.45, 7) is 0. The second kappa shape index (κ2) is 4.92. The molecular formula is C12H6Cl2FNO2. The Bertz CT molecular complexity index is 631. The molecule has 0 radical (unpaired) electrons. The molecule has 2 aromatic carbocycles. The van der Waals surface area contributed by atoms with E-state index in [-0.39, 0.29) is 15.6 Å². The van der Waals surface area contributed by atoms with Gasteiger partial charge < -0.3 is 0 Å². The van der Waals surface area contributed by atoms with Crippen LogP contribution in [0.5, 0.6) is 0 Å². The Labute approximate surface area is 112 Å². The van der Waals surface area contributed by atoms with E-state index in [0.29, 0.717) is 5.56 Å². The van der Waals surface area contributed by atoms with Crippen LogP contribution in [-0.4, -0.2) is 4.92 Å². The van der Waals surface area contributed by atoms with E-state index in [1.54, 1.807) is 18.2 Å². The number of rotatable bonds is 2. The van der Waals surface area contributed by atoms with Crippen LogP contribution in [0.15, 0.2) is 36.4 Å². The number of halogens is 3. The SMILES string of the molecule is O=[N+]([O-])c1c(F)cccc1-c1cccc(Cl)c1Cl. The molecule has 0 fully saturated rings. The van der Waals surface area contributed by atoms with E-state index in [1.165, 1.54) is 12.1 Å². The summed E-state index contributed by atoms with van der Waals surface area (Å²) in [7, 11) is 0. The Hall–Kier alpha value is -1.65. The van der Waals surface area contributed by atoms with Crippen LogP contribution in [0.25, 0.3) is 11.1 Å². The van der Waals surface area contributed by atoms with Crippen molar-refractivity contribution in [2.75, 3.05) is 0 Å². The first-order valence-electron chi connectivity index (χ1n) is 4.89. The summed E-state index contributed by atoms with van der Waals surface area (Å²) in [4.78, 5) is 10.1. The Kier molecular flexibility index (Phi) is 3.50. The van der Waals surface area contributed by atoms with Crippen LogP contribution < -0.4 is 0 Å². The van der Waals surface area contributed by atoms with E-state index in [2.05, 4.69) is 0 Å². The fraction of sp³-hybridized carbons (Fsp3) is 0. The topological polar surface area (TPSA) is 43.1 Å². The standard InChI is InChI=1S/C12H6Cl2FNO2/c13-9-5-1-3-7(11(9)14)8-4-2-6-10(15)12(8)16(17)18/h1-6H. The average Bonchev–Trinajstić information content (AvgIpc) is 2.32. The van der Waals surface area contributed by atoms with Crippen LogP contribution in [0, 0.1) is 15.9 Å². The molecule has 18 heavy (non-hydrogen) atoms. The van der Waals surface area contributed by atoms with Gasteiger partial charge in [0, 0.05) is 5.56 Å². The van der Waals surface area contributed by atoms with Crippen molar-refractivity contribution in [2.45, 2.75) is 0 Å². The minimum Gasteiger partial charge on any atom is -0.258 e. The molecule has 92 valence electrons. The number of nitro benzene ring substituents is 1. The van der Waals surface area contributed by atoms with Gasteiger partial charge in [0.25, 0.3) is 0 Å². The highest BCUT2D eigenvalue weighted by Crippen LogP contribution is 2.38. The van der Waals surface area contributed by atoms with Crippen LogP contribution in [0.3, 0.4) is 0 Å². The third-order valence-electron chi connectivity index (χ3n) is 2.41. The number of nitro groups is 1. The molecule has 0 aliphatic rings. The van der Waals surface area contributed by atoms with Gasteiger partial charge in [0.15, 0.2) is 0 Å². The number of hydrogen-bond donors (Lipinski definition) is 0. The Morgan fingerprint density at radius 3 is 2.33 bits per heavy atom. The normalized spacial score (nSPS) is 10.4. The third-order valence-corrected chi connectivity index (χ3v) is 3.23. The summed E-state index contributed by atoms with van der Waals surface area (Å²) in [6, 6.07) is 8.54. The maximum atomic E-state index is 13.5. The molecule has 0 spiro atoms. The Balaban J connectivity index is 2.75. The van der Waals surface area contributed by atoms with Crippen molar-refractivity contribution in [3.63, 3.8) is 0 Å². The maximum absolute atomic E-state index is 13.5. The van der Waals surface area contributed by atoms with Crippen LogP contribution in [0.4, 0.5) is 10.1 Å². The quantitative estimate of drug-likeness (QED) is 0.592. The summed E-state index contributed by atoms with van der Waals surface area (Å²) >= 11 is 11.8. The molecule has 0 aliphatic carbocycles. The molecule has 2 rings (SSSR count). The fourth-order valence-electron chi connectivity index (χ4n) is 1.63. The lowest BCUT2D eigenvalue weighted by Gasteiger charge is -2.07. The minimum absolute atomic E-state index is 0.104. The number of benzene rings is 2. The summed E-state index contributed by atoms with van der Waals surface area (Å²) in [5.74, 6) is -0.909. The van der Waals surface area contributed by atoms with Gasteiger partial charge >= 0.3 is 5.69 Å². The molecular weight excluding hydrogens is 280 g/mol. The number of nitrogens with zero attached hydrogens (tertiary/aromatic N) is 1. The van der Waals surface area contributed by atoms with E-state index < -0.39 is 16.4 Å². The van der Waals surface area contributed by atoms with Crippen molar-refractivity contribution in [3.8, 4) is 11.1 Å². The molecule has 0 saturated carbocycles. The van der Waals surface area contributed by atoms with Crippen molar-refractivity contribution < 1.29 is 9.31 Å². The summed E-state index contributed by atoms with van der Waals surface area (Å²) in [5.41, 5.74) is -0.176. The molecule has 6 heteroatoms. The van der Waals surface area contributed by atoms with Gasteiger partial charge in [0.2, 0.25) is 5.82 Å². The largest absolute Gasteiger partial charge is 0.312 e. The van der Waals surface area contributed by atoms with E-state index in [0.717, 1.165) is 6.07 Å². The second-order valence-corrected chi connectivity index (χ2v) is 4.28. The lowest BCUT2D eigenvalue weighted by molar-refractivity contribution is -0.386. The highest BCUT2D eigenvalue weighted by molar-refractivity contribution is 6.43. The second-order valence-electron chi connectivity index (χ2n) is 3.49. The van der Waals surface area contributed by atoms with Crippen molar-refractivity contribution >= 4 is 28.9 Å². The maximum Gasteiger partial charge on any atom is 0.312 e. The molecule has 0 N–H and O–H groups in total. The molecule has 0 unspecified atom stereocenters. The highest BCUT2D eigenvalue weighted by atomic mass is 35.5. The van der Waals surface area contributed by atoms with E-state index >= 15 is 0 Å². The smallest absolute Gasteiger partial charge is 0.258 e. The summed E-state index contributed by atoms with van der Waals surface area (Å²) in [6.07, 6.45) is 0. The van der Waals surface area contributed by atoms with Crippen molar-refractivity contribution in [2.24, 2.45) is 0 Å². The third kappa shape index (κ3) is 2.17. The predicted octanol–water partition coefficient (Wildman–Crippen LogP) is 4.71. The van der Waals surface area contributed by atoms with Crippen LogP contribution in [-0.2, 0) is 0 Å². The first kappa shape index (κ1) is 12.8. The van der Waals surface area contributed by atoms with Crippen molar-refractivity contribution in [1.29, 1.82) is 0 Å². The van der Waals surface area contributed by atoms with Gasteiger partial charge in [-0.15, -0.1) is 0 Å². The van der Waals surface area contributed by atoms with Crippen molar-refractivity contribution in [1.82, 2.24) is 0 Å². The van der Waals surface area contributed by atoms with Gasteiger partial charge in [0.05, 0.1) is 20.5 Å². The van der Waals surface area contributed by atoms with Gasteiger partial charge in [-0.25, -0.2) is 0 Å². The minimum atomic E-state index is -0.909. The zero-order valence-corrected chi connectivity index (χ0v) is 10.4. The molecule has 0 aliphatic heterocycles. The Morgan fingerprint density at radius 1 is 1.06 bits per heavy atom. The van der Waals surface area contributed by atoms with Gasteiger partial charge in [-0.3, -0.25) is 10.1 Å². The molecule has 0 saturated heterocycles. The average molecular weight is 286 g/mol. The Morgan fingerprint density at radius 2 is 1.67 bits per heavy atom.